The third-order valence-electron chi connectivity index (χ3n) is 2.34. The highest BCUT2D eigenvalue weighted by molar-refractivity contribution is 9.10. The molecular formula is C13H14BrNOS. The van der Waals surface area contributed by atoms with Crippen LogP contribution >= 0.6 is 28.6 Å². The topological polar surface area (TPSA) is 29.1 Å². The molecule has 0 aliphatic heterocycles. The van der Waals surface area contributed by atoms with Crippen LogP contribution in [0.15, 0.2) is 27.6 Å². The molecule has 1 rings (SSSR count). The summed E-state index contributed by atoms with van der Waals surface area (Å²) in [5.41, 5.74) is 0.525. The van der Waals surface area contributed by atoms with Gasteiger partial charge in [0.05, 0.1) is 11.6 Å². The lowest BCUT2D eigenvalue weighted by Gasteiger charge is -2.17. The number of benzene rings is 1. The monoisotopic (exact) mass is 311 g/mol. The summed E-state index contributed by atoms with van der Waals surface area (Å²) < 4.78 is 0.886. The fraction of sp³-hybridized carbons (Fsp3) is 0.308. The lowest BCUT2D eigenvalue weighted by atomic mass is 10.0. The average Bonchev–Trinajstić information content (AvgIpc) is 2.24. The van der Waals surface area contributed by atoms with E-state index < -0.39 is 0 Å². The molecule has 0 radical (unpaired) electrons. The van der Waals surface area contributed by atoms with Gasteiger partial charge in [-0.25, -0.2) is 0 Å². The SMILES string of the molecule is C#CC(NC(=O)c1ccc(Br)cc1S)C(C)C. The lowest BCUT2D eigenvalue weighted by Crippen LogP contribution is -2.37. The zero-order chi connectivity index (χ0) is 13.0. The van der Waals surface area contributed by atoms with Crippen LogP contribution in [-0.4, -0.2) is 11.9 Å². The standard InChI is InChI=1S/C13H14BrNOS/c1-4-11(8(2)3)15-13(16)10-6-5-9(14)7-12(10)17/h1,5-8,11,17H,2-3H3,(H,15,16). The Morgan fingerprint density at radius 3 is 2.65 bits per heavy atom. The molecule has 4 heteroatoms. The number of carbonyl (C=O) groups is 1. The maximum atomic E-state index is 12.0. The fourth-order valence-electron chi connectivity index (χ4n) is 1.32. The van der Waals surface area contributed by atoms with Crippen molar-refractivity contribution >= 4 is 34.5 Å². The maximum Gasteiger partial charge on any atom is 0.253 e. The normalized spacial score (nSPS) is 12.0. The Morgan fingerprint density at radius 2 is 2.18 bits per heavy atom. The number of hydrogen-bond donors (Lipinski definition) is 2. The maximum absolute atomic E-state index is 12.0. The van der Waals surface area contributed by atoms with Gasteiger partial charge in [-0.1, -0.05) is 35.7 Å². The van der Waals surface area contributed by atoms with Crippen LogP contribution in [0.5, 0.6) is 0 Å². The van der Waals surface area contributed by atoms with E-state index in [0.717, 1.165) is 4.47 Å². The molecular weight excluding hydrogens is 298 g/mol. The third kappa shape index (κ3) is 3.79. The van der Waals surface area contributed by atoms with Crippen LogP contribution in [0.2, 0.25) is 0 Å². The average molecular weight is 312 g/mol. The molecule has 0 aliphatic rings. The van der Waals surface area contributed by atoms with Crippen molar-refractivity contribution in [3.63, 3.8) is 0 Å². The van der Waals surface area contributed by atoms with E-state index in [0.29, 0.717) is 10.5 Å². The first-order chi connectivity index (χ1) is 7.95. The largest absolute Gasteiger partial charge is 0.338 e. The van der Waals surface area contributed by atoms with Crippen molar-refractivity contribution in [1.29, 1.82) is 0 Å². The quantitative estimate of drug-likeness (QED) is 0.652. The Kier molecular flexibility index (Phi) is 5.10. The van der Waals surface area contributed by atoms with E-state index in [1.165, 1.54) is 0 Å². The van der Waals surface area contributed by atoms with Crippen molar-refractivity contribution in [2.45, 2.75) is 24.8 Å². The summed E-state index contributed by atoms with van der Waals surface area (Å²) >= 11 is 7.59. The molecule has 2 nitrogen and oxygen atoms in total. The minimum Gasteiger partial charge on any atom is -0.338 e. The van der Waals surface area contributed by atoms with E-state index in [9.17, 15) is 4.79 Å². The number of amides is 1. The van der Waals surface area contributed by atoms with Crippen LogP contribution in [0.1, 0.15) is 24.2 Å². The summed E-state index contributed by atoms with van der Waals surface area (Å²) in [4.78, 5) is 12.6. The number of terminal acetylenes is 1. The minimum absolute atomic E-state index is 0.195. The smallest absolute Gasteiger partial charge is 0.253 e. The molecule has 1 N–H and O–H groups in total. The Labute approximate surface area is 116 Å². The Balaban J connectivity index is 2.87. The van der Waals surface area contributed by atoms with E-state index in [2.05, 4.69) is 39.8 Å². The van der Waals surface area contributed by atoms with Crippen molar-refractivity contribution < 1.29 is 4.79 Å². The minimum atomic E-state index is -0.265. The molecule has 0 aromatic heterocycles. The molecule has 0 saturated carbocycles. The van der Waals surface area contributed by atoms with Gasteiger partial charge in [0.25, 0.3) is 5.91 Å². The second kappa shape index (κ2) is 6.13. The molecule has 0 bridgehead atoms. The highest BCUT2D eigenvalue weighted by Gasteiger charge is 2.16. The van der Waals surface area contributed by atoms with Gasteiger partial charge < -0.3 is 5.32 Å². The van der Waals surface area contributed by atoms with Crippen molar-refractivity contribution in [3.05, 3.63) is 28.2 Å². The highest BCUT2D eigenvalue weighted by atomic mass is 79.9. The molecule has 1 amide bonds. The van der Waals surface area contributed by atoms with E-state index in [4.69, 9.17) is 6.42 Å². The van der Waals surface area contributed by atoms with E-state index in [-0.39, 0.29) is 17.9 Å². The van der Waals surface area contributed by atoms with Crippen LogP contribution in [0, 0.1) is 18.3 Å². The van der Waals surface area contributed by atoms with E-state index in [1.807, 2.05) is 13.8 Å². The van der Waals surface area contributed by atoms with Crippen molar-refractivity contribution in [3.8, 4) is 12.3 Å². The number of halogens is 1. The van der Waals surface area contributed by atoms with Crippen molar-refractivity contribution in [2.24, 2.45) is 5.92 Å². The summed E-state index contributed by atoms with van der Waals surface area (Å²) in [7, 11) is 0. The molecule has 0 heterocycles. The van der Waals surface area contributed by atoms with Gasteiger partial charge in [-0.3, -0.25) is 4.79 Å². The van der Waals surface area contributed by atoms with Crippen LogP contribution in [0.4, 0.5) is 0 Å². The third-order valence-corrected chi connectivity index (χ3v) is 3.20. The number of thiol groups is 1. The van der Waals surface area contributed by atoms with Gasteiger partial charge in [-0.05, 0) is 24.1 Å². The van der Waals surface area contributed by atoms with Gasteiger partial charge in [0, 0.05) is 9.37 Å². The molecule has 1 aromatic carbocycles. The summed E-state index contributed by atoms with van der Waals surface area (Å²) in [6, 6.07) is 5.03. The first-order valence-corrected chi connectivity index (χ1v) is 6.45. The number of nitrogens with one attached hydrogen (secondary N) is 1. The number of rotatable bonds is 3. The second-order valence-electron chi connectivity index (χ2n) is 4.02. The molecule has 17 heavy (non-hydrogen) atoms. The second-order valence-corrected chi connectivity index (χ2v) is 5.42. The zero-order valence-electron chi connectivity index (χ0n) is 9.70. The number of carbonyl (C=O) groups excluding carboxylic acids is 1. The van der Waals surface area contributed by atoms with Crippen molar-refractivity contribution in [2.75, 3.05) is 0 Å². The fourth-order valence-corrected chi connectivity index (χ4v) is 2.17. The van der Waals surface area contributed by atoms with E-state index >= 15 is 0 Å². The van der Waals surface area contributed by atoms with Gasteiger partial charge in [-0.2, -0.15) is 0 Å². The lowest BCUT2D eigenvalue weighted by molar-refractivity contribution is 0.0935. The molecule has 1 aromatic rings. The van der Waals surface area contributed by atoms with Crippen LogP contribution < -0.4 is 5.32 Å². The van der Waals surface area contributed by atoms with Gasteiger partial charge in [0.2, 0.25) is 0 Å². The van der Waals surface area contributed by atoms with Crippen molar-refractivity contribution in [1.82, 2.24) is 5.32 Å². The first-order valence-electron chi connectivity index (χ1n) is 5.21. The molecule has 0 fully saturated rings. The van der Waals surface area contributed by atoms with Crippen LogP contribution in [-0.2, 0) is 0 Å². The van der Waals surface area contributed by atoms with Crippen LogP contribution in [0.3, 0.4) is 0 Å². The van der Waals surface area contributed by atoms with Gasteiger partial charge >= 0.3 is 0 Å². The predicted octanol–water partition coefficient (Wildman–Crippen LogP) is 3.13. The molecule has 0 aliphatic carbocycles. The van der Waals surface area contributed by atoms with Gasteiger partial charge in [0.1, 0.15) is 0 Å². The molecule has 1 unspecified atom stereocenters. The first kappa shape index (κ1) is 14.1. The molecule has 1 atom stereocenters. The zero-order valence-corrected chi connectivity index (χ0v) is 12.2. The molecule has 0 saturated heterocycles. The molecule has 0 spiro atoms. The van der Waals surface area contributed by atoms with Gasteiger partial charge in [-0.15, -0.1) is 19.1 Å². The molecule has 90 valence electrons. The summed E-state index contributed by atoms with van der Waals surface area (Å²) in [6.07, 6.45) is 5.37. The van der Waals surface area contributed by atoms with Crippen LogP contribution in [0.25, 0.3) is 0 Å². The Morgan fingerprint density at radius 1 is 1.53 bits per heavy atom. The Hall–Kier alpha value is -0.920. The van der Waals surface area contributed by atoms with Gasteiger partial charge in [0.15, 0.2) is 0 Å². The summed E-state index contributed by atoms with van der Waals surface area (Å²) in [6.45, 7) is 3.93. The summed E-state index contributed by atoms with van der Waals surface area (Å²) in [5.74, 6) is 2.57. The Bertz CT molecular complexity index is 465. The van der Waals surface area contributed by atoms with E-state index in [1.54, 1.807) is 18.2 Å². The summed E-state index contributed by atoms with van der Waals surface area (Å²) in [5, 5.41) is 2.80. The number of hydrogen-bond acceptors (Lipinski definition) is 2. The predicted molar refractivity (Wildman–Crippen MR) is 76.3 cm³/mol. The highest BCUT2D eigenvalue weighted by Crippen LogP contribution is 2.20.